The minimum Gasteiger partial charge on any atom is -0.452 e. The van der Waals surface area contributed by atoms with Crippen molar-refractivity contribution in [2.75, 3.05) is 11.9 Å². The van der Waals surface area contributed by atoms with E-state index in [1.165, 1.54) is 16.9 Å². The Bertz CT molecular complexity index is 1150. The molecule has 28 heavy (non-hydrogen) atoms. The average molecular weight is 391 g/mol. The van der Waals surface area contributed by atoms with Crippen LogP contribution < -0.4 is 5.32 Å². The average Bonchev–Trinajstić information content (AvgIpc) is 3.34. The smallest absolute Gasteiger partial charge is 0.340 e. The Morgan fingerprint density at radius 3 is 2.75 bits per heavy atom. The predicted octanol–water partition coefficient (Wildman–Crippen LogP) is 4.40. The summed E-state index contributed by atoms with van der Waals surface area (Å²) in [6, 6.07) is 15.4. The second kappa shape index (κ2) is 7.66. The van der Waals surface area contributed by atoms with E-state index in [0.29, 0.717) is 10.7 Å². The first kappa shape index (κ1) is 17.9. The first-order valence-electron chi connectivity index (χ1n) is 8.66. The SMILES string of the molecule is Cc1ccc(-c2csc(NC(=O)COC(=O)c3c[nH]c4ccccc34)n2)cc1. The van der Waals surface area contributed by atoms with Gasteiger partial charge in [-0.25, -0.2) is 9.78 Å². The zero-order chi connectivity index (χ0) is 19.5. The first-order valence-corrected chi connectivity index (χ1v) is 9.54. The largest absolute Gasteiger partial charge is 0.452 e. The molecule has 0 aliphatic carbocycles. The van der Waals surface area contributed by atoms with E-state index >= 15 is 0 Å². The van der Waals surface area contributed by atoms with E-state index in [2.05, 4.69) is 15.3 Å². The number of aryl methyl sites for hydroxylation is 1. The van der Waals surface area contributed by atoms with Crippen LogP contribution >= 0.6 is 11.3 Å². The van der Waals surface area contributed by atoms with Crippen molar-refractivity contribution < 1.29 is 14.3 Å². The van der Waals surface area contributed by atoms with Gasteiger partial charge < -0.3 is 9.72 Å². The van der Waals surface area contributed by atoms with Crippen molar-refractivity contribution in [2.24, 2.45) is 0 Å². The summed E-state index contributed by atoms with van der Waals surface area (Å²) in [4.78, 5) is 31.8. The summed E-state index contributed by atoms with van der Waals surface area (Å²) in [6.07, 6.45) is 1.58. The molecule has 6 nitrogen and oxygen atoms in total. The van der Waals surface area contributed by atoms with E-state index in [1.54, 1.807) is 6.20 Å². The zero-order valence-electron chi connectivity index (χ0n) is 15.1. The first-order chi connectivity index (χ1) is 13.6. The van der Waals surface area contributed by atoms with Gasteiger partial charge in [-0.2, -0.15) is 0 Å². The van der Waals surface area contributed by atoms with Crippen LogP contribution in [-0.2, 0) is 9.53 Å². The lowest BCUT2D eigenvalue weighted by molar-refractivity contribution is -0.119. The summed E-state index contributed by atoms with van der Waals surface area (Å²) in [5.74, 6) is -0.981. The molecule has 2 aromatic carbocycles. The highest BCUT2D eigenvalue weighted by atomic mass is 32.1. The van der Waals surface area contributed by atoms with Crippen molar-refractivity contribution in [2.45, 2.75) is 6.92 Å². The number of anilines is 1. The number of aromatic nitrogens is 2. The topological polar surface area (TPSA) is 84.1 Å². The van der Waals surface area contributed by atoms with Crippen LogP contribution in [0.5, 0.6) is 0 Å². The van der Waals surface area contributed by atoms with Crippen LogP contribution in [-0.4, -0.2) is 28.5 Å². The number of H-pyrrole nitrogens is 1. The molecule has 0 fully saturated rings. The molecule has 140 valence electrons. The zero-order valence-corrected chi connectivity index (χ0v) is 15.9. The molecule has 0 aliphatic rings. The number of amides is 1. The Morgan fingerprint density at radius 1 is 1.14 bits per heavy atom. The fourth-order valence-corrected chi connectivity index (χ4v) is 3.53. The number of nitrogens with zero attached hydrogens (tertiary/aromatic N) is 1. The molecule has 0 saturated heterocycles. The Morgan fingerprint density at radius 2 is 1.93 bits per heavy atom. The van der Waals surface area contributed by atoms with Crippen molar-refractivity contribution in [1.82, 2.24) is 9.97 Å². The maximum absolute atomic E-state index is 12.3. The summed E-state index contributed by atoms with van der Waals surface area (Å²) in [6.45, 7) is 1.64. The van der Waals surface area contributed by atoms with Gasteiger partial charge in [0.1, 0.15) is 0 Å². The van der Waals surface area contributed by atoms with E-state index in [0.717, 1.165) is 22.2 Å². The van der Waals surface area contributed by atoms with E-state index < -0.39 is 11.9 Å². The molecule has 0 spiro atoms. The molecule has 2 heterocycles. The number of benzene rings is 2. The van der Waals surface area contributed by atoms with Gasteiger partial charge in [-0.15, -0.1) is 11.3 Å². The summed E-state index contributed by atoms with van der Waals surface area (Å²) in [5, 5.41) is 5.76. The monoisotopic (exact) mass is 391 g/mol. The van der Waals surface area contributed by atoms with Crippen molar-refractivity contribution >= 4 is 39.2 Å². The van der Waals surface area contributed by atoms with Gasteiger partial charge in [0, 0.05) is 28.0 Å². The minimum atomic E-state index is -0.549. The Labute approximate surface area is 165 Å². The Kier molecular flexibility index (Phi) is 4.90. The second-order valence-electron chi connectivity index (χ2n) is 6.28. The highest BCUT2D eigenvalue weighted by molar-refractivity contribution is 7.14. The number of hydrogen-bond acceptors (Lipinski definition) is 5. The van der Waals surface area contributed by atoms with E-state index in [4.69, 9.17) is 4.74 Å². The summed E-state index contributed by atoms with van der Waals surface area (Å²) in [7, 11) is 0. The number of carbonyl (C=O) groups is 2. The Balaban J connectivity index is 1.36. The fraction of sp³-hybridized carbons (Fsp3) is 0.0952. The lowest BCUT2D eigenvalue weighted by Gasteiger charge is -2.04. The van der Waals surface area contributed by atoms with Crippen molar-refractivity contribution in [1.29, 1.82) is 0 Å². The van der Waals surface area contributed by atoms with Gasteiger partial charge in [0.05, 0.1) is 11.3 Å². The highest BCUT2D eigenvalue weighted by Gasteiger charge is 2.15. The van der Waals surface area contributed by atoms with Gasteiger partial charge in [0.2, 0.25) is 0 Å². The van der Waals surface area contributed by atoms with Gasteiger partial charge in [0.15, 0.2) is 11.7 Å². The molecule has 4 rings (SSSR count). The number of carbonyl (C=O) groups excluding carboxylic acids is 2. The van der Waals surface area contributed by atoms with Gasteiger partial charge in [0.25, 0.3) is 5.91 Å². The maximum Gasteiger partial charge on any atom is 0.340 e. The van der Waals surface area contributed by atoms with Crippen molar-refractivity contribution in [3.05, 3.63) is 71.2 Å². The number of esters is 1. The van der Waals surface area contributed by atoms with E-state index in [1.807, 2.05) is 60.8 Å². The molecule has 0 radical (unpaired) electrons. The molecule has 0 unspecified atom stereocenters. The predicted molar refractivity (Wildman–Crippen MR) is 109 cm³/mol. The maximum atomic E-state index is 12.3. The fourth-order valence-electron chi connectivity index (χ4n) is 2.79. The number of ether oxygens (including phenoxy) is 1. The molecule has 2 N–H and O–H groups in total. The lowest BCUT2D eigenvalue weighted by atomic mass is 10.1. The number of rotatable bonds is 5. The van der Waals surface area contributed by atoms with E-state index in [-0.39, 0.29) is 6.61 Å². The molecule has 7 heteroatoms. The molecule has 2 aromatic heterocycles. The van der Waals surface area contributed by atoms with Crippen molar-refractivity contribution in [3.8, 4) is 11.3 Å². The third-order valence-corrected chi connectivity index (χ3v) is 5.00. The van der Waals surface area contributed by atoms with Crippen LogP contribution in [0.15, 0.2) is 60.1 Å². The number of nitrogens with one attached hydrogen (secondary N) is 2. The molecule has 0 aliphatic heterocycles. The second-order valence-corrected chi connectivity index (χ2v) is 7.13. The molecular weight excluding hydrogens is 374 g/mol. The number of para-hydroxylation sites is 1. The normalized spacial score (nSPS) is 10.8. The molecular formula is C21H17N3O3S. The number of aromatic amines is 1. The molecule has 0 bridgehead atoms. The van der Waals surface area contributed by atoms with Crippen LogP contribution in [0.3, 0.4) is 0 Å². The lowest BCUT2D eigenvalue weighted by Crippen LogP contribution is -2.20. The molecule has 4 aromatic rings. The third kappa shape index (κ3) is 3.79. The van der Waals surface area contributed by atoms with Crippen LogP contribution in [0.2, 0.25) is 0 Å². The molecule has 0 atom stereocenters. The van der Waals surface area contributed by atoms with Gasteiger partial charge in [-0.1, -0.05) is 48.0 Å². The minimum absolute atomic E-state index is 0.377. The molecule has 0 saturated carbocycles. The standard InChI is InChI=1S/C21H17N3O3S/c1-13-6-8-14(9-7-13)18-12-28-21(23-18)24-19(25)11-27-20(26)16-10-22-17-5-3-2-4-15(16)17/h2-10,12,22H,11H2,1H3,(H,23,24,25). The highest BCUT2D eigenvalue weighted by Crippen LogP contribution is 2.25. The molecule has 1 amide bonds. The van der Waals surface area contributed by atoms with Crippen LogP contribution in [0, 0.1) is 6.92 Å². The van der Waals surface area contributed by atoms with E-state index in [9.17, 15) is 9.59 Å². The Hall–Kier alpha value is -3.45. The number of fused-ring (bicyclic) bond motifs is 1. The quantitative estimate of drug-likeness (QED) is 0.494. The van der Waals surface area contributed by atoms with Gasteiger partial charge in [-0.05, 0) is 13.0 Å². The summed E-state index contributed by atoms with van der Waals surface area (Å²) >= 11 is 1.32. The third-order valence-electron chi connectivity index (χ3n) is 4.24. The van der Waals surface area contributed by atoms with Crippen molar-refractivity contribution in [3.63, 3.8) is 0 Å². The van der Waals surface area contributed by atoms with Crippen LogP contribution in [0.1, 0.15) is 15.9 Å². The van der Waals surface area contributed by atoms with Gasteiger partial charge in [-0.3, -0.25) is 10.1 Å². The van der Waals surface area contributed by atoms with Crippen LogP contribution in [0.25, 0.3) is 22.2 Å². The summed E-state index contributed by atoms with van der Waals surface area (Å²) in [5.41, 5.74) is 4.18. The summed E-state index contributed by atoms with van der Waals surface area (Å²) < 4.78 is 5.14. The number of thiazole rings is 1. The van der Waals surface area contributed by atoms with Crippen LogP contribution in [0.4, 0.5) is 5.13 Å². The van der Waals surface area contributed by atoms with Gasteiger partial charge >= 0.3 is 5.97 Å². The number of hydrogen-bond donors (Lipinski definition) is 2.